The average Bonchev–Trinajstić information content (AvgIpc) is 2.45. The molecule has 5 heteroatoms. The minimum absolute atomic E-state index is 0.134. The zero-order chi connectivity index (χ0) is 13.7. The molecule has 3 N–H and O–H groups in total. The number of piperidine rings is 1. The van der Waals surface area contributed by atoms with Gasteiger partial charge in [0.05, 0.1) is 0 Å². The molecule has 0 aromatic carbocycles. The molecule has 0 saturated carbocycles. The van der Waals surface area contributed by atoms with Crippen molar-refractivity contribution in [3.05, 3.63) is 24.0 Å². The summed E-state index contributed by atoms with van der Waals surface area (Å²) >= 11 is 0. The molecule has 1 aliphatic rings. The van der Waals surface area contributed by atoms with Crippen LogP contribution in [-0.4, -0.2) is 42.0 Å². The number of nitrogens with zero attached hydrogens (tertiary/aromatic N) is 2. The van der Waals surface area contributed by atoms with E-state index < -0.39 is 0 Å². The van der Waals surface area contributed by atoms with E-state index >= 15 is 0 Å². The second kappa shape index (κ2) is 6.52. The summed E-state index contributed by atoms with van der Waals surface area (Å²) in [6.07, 6.45) is 3.86. The Morgan fingerprint density at radius 2 is 2.26 bits per heavy atom. The molecular weight excluding hydrogens is 240 g/mol. The zero-order valence-corrected chi connectivity index (χ0v) is 11.4. The number of nitrogens with one attached hydrogen (secondary N) is 1. The van der Waals surface area contributed by atoms with Gasteiger partial charge in [-0.25, -0.2) is 0 Å². The van der Waals surface area contributed by atoms with Crippen LogP contribution in [0.3, 0.4) is 0 Å². The second-order valence-corrected chi connectivity index (χ2v) is 5.06. The van der Waals surface area contributed by atoms with E-state index in [0.29, 0.717) is 17.3 Å². The molecule has 5 nitrogen and oxygen atoms in total. The lowest BCUT2D eigenvalue weighted by Gasteiger charge is -2.30. The molecule has 0 radical (unpaired) electrons. The van der Waals surface area contributed by atoms with Crippen LogP contribution in [0.1, 0.15) is 30.3 Å². The smallest absolute Gasteiger partial charge is 0.269 e. The molecular formula is C14H22N4O. The van der Waals surface area contributed by atoms with Gasteiger partial charge in [0.2, 0.25) is 0 Å². The lowest BCUT2D eigenvalue weighted by atomic mass is 9.97. The topological polar surface area (TPSA) is 71.2 Å². The number of hydrogen-bond donors (Lipinski definition) is 2. The lowest BCUT2D eigenvalue weighted by molar-refractivity contribution is 0.0932. The first-order valence-electron chi connectivity index (χ1n) is 6.91. The summed E-state index contributed by atoms with van der Waals surface area (Å²) in [5.41, 5.74) is 6.60. The predicted octanol–water partition coefficient (Wildman–Crippen LogP) is 1.13. The Kier molecular flexibility index (Phi) is 4.74. The van der Waals surface area contributed by atoms with Crippen LogP contribution in [0, 0.1) is 5.92 Å². The van der Waals surface area contributed by atoms with Gasteiger partial charge in [-0.2, -0.15) is 0 Å². The zero-order valence-electron chi connectivity index (χ0n) is 11.4. The van der Waals surface area contributed by atoms with E-state index in [1.807, 2.05) is 0 Å². The van der Waals surface area contributed by atoms with Gasteiger partial charge >= 0.3 is 0 Å². The molecule has 0 aliphatic carbocycles. The third kappa shape index (κ3) is 3.92. The maximum Gasteiger partial charge on any atom is 0.269 e. The van der Waals surface area contributed by atoms with Gasteiger partial charge in [-0.15, -0.1) is 0 Å². The summed E-state index contributed by atoms with van der Waals surface area (Å²) in [6, 6.07) is 3.28. The summed E-state index contributed by atoms with van der Waals surface area (Å²) < 4.78 is 0. The van der Waals surface area contributed by atoms with Crippen LogP contribution >= 0.6 is 0 Å². The van der Waals surface area contributed by atoms with Gasteiger partial charge in [-0.05, 0) is 50.5 Å². The molecule has 1 aromatic heterocycles. The normalized spacial score (nSPS) is 17.3. The molecule has 2 heterocycles. The van der Waals surface area contributed by atoms with E-state index in [0.717, 1.165) is 39.0 Å². The van der Waals surface area contributed by atoms with Crippen molar-refractivity contribution in [3.63, 3.8) is 0 Å². The summed E-state index contributed by atoms with van der Waals surface area (Å²) in [6.45, 7) is 6.30. The molecule has 1 amide bonds. The average molecular weight is 262 g/mol. The molecule has 0 atom stereocenters. The first kappa shape index (κ1) is 13.8. The Bertz CT molecular complexity index is 427. The van der Waals surface area contributed by atoms with Crippen molar-refractivity contribution in [2.45, 2.75) is 19.8 Å². The molecule has 0 bridgehead atoms. The van der Waals surface area contributed by atoms with Crippen LogP contribution in [0.15, 0.2) is 18.3 Å². The van der Waals surface area contributed by atoms with Crippen LogP contribution < -0.4 is 11.1 Å². The lowest BCUT2D eigenvalue weighted by Crippen LogP contribution is -2.38. The van der Waals surface area contributed by atoms with E-state index in [4.69, 9.17) is 5.73 Å². The third-order valence-corrected chi connectivity index (χ3v) is 3.72. The van der Waals surface area contributed by atoms with E-state index in [9.17, 15) is 4.79 Å². The first-order valence-corrected chi connectivity index (χ1v) is 6.91. The fourth-order valence-corrected chi connectivity index (χ4v) is 2.41. The van der Waals surface area contributed by atoms with Crippen molar-refractivity contribution < 1.29 is 4.79 Å². The molecule has 2 rings (SSSR count). The number of rotatable bonds is 4. The molecule has 104 valence electrons. The van der Waals surface area contributed by atoms with E-state index in [1.165, 1.54) is 0 Å². The number of aromatic nitrogens is 1. The SMILES string of the molecule is CCN1CCC(CNC(=O)c2cc(N)ccn2)CC1. The largest absolute Gasteiger partial charge is 0.399 e. The third-order valence-electron chi connectivity index (χ3n) is 3.72. The number of anilines is 1. The van der Waals surface area contributed by atoms with Crippen molar-refractivity contribution in [3.8, 4) is 0 Å². The highest BCUT2D eigenvalue weighted by molar-refractivity contribution is 5.92. The van der Waals surface area contributed by atoms with E-state index in [1.54, 1.807) is 18.3 Å². The van der Waals surface area contributed by atoms with Crippen molar-refractivity contribution in [1.82, 2.24) is 15.2 Å². The maximum absolute atomic E-state index is 11.9. The fraction of sp³-hybridized carbons (Fsp3) is 0.571. The summed E-state index contributed by atoms with van der Waals surface area (Å²) in [4.78, 5) is 18.4. The van der Waals surface area contributed by atoms with Crippen molar-refractivity contribution >= 4 is 11.6 Å². The first-order chi connectivity index (χ1) is 9.19. The Hall–Kier alpha value is -1.62. The summed E-state index contributed by atoms with van der Waals surface area (Å²) in [5, 5.41) is 2.95. The molecule has 1 aromatic rings. The quantitative estimate of drug-likeness (QED) is 0.853. The molecule has 1 saturated heterocycles. The van der Waals surface area contributed by atoms with Crippen molar-refractivity contribution in [2.75, 3.05) is 31.9 Å². The Morgan fingerprint density at radius 3 is 2.89 bits per heavy atom. The van der Waals surface area contributed by atoms with Gasteiger partial charge in [-0.1, -0.05) is 6.92 Å². The molecule has 0 unspecified atom stereocenters. The van der Waals surface area contributed by atoms with Gasteiger partial charge in [-0.3, -0.25) is 9.78 Å². The molecule has 0 spiro atoms. The van der Waals surface area contributed by atoms with Crippen molar-refractivity contribution in [2.24, 2.45) is 5.92 Å². The minimum Gasteiger partial charge on any atom is -0.399 e. The number of amides is 1. The Morgan fingerprint density at radius 1 is 1.53 bits per heavy atom. The highest BCUT2D eigenvalue weighted by Crippen LogP contribution is 2.16. The highest BCUT2D eigenvalue weighted by atomic mass is 16.1. The van der Waals surface area contributed by atoms with Crippen LogP contribution in [0.5, 0.6) is 0 Å². The number of nitrogen functional groups attached to an aromatic ring is 1. The fourth-order valence-electron chi connectivity index (χ4n) is 2.41. The monoisotopic (exact) mass is 262 g/mol. The Labute approximate surface area is 114 Å². The van der Waals surface area contributed by atoms with E-state index in [2.05, 4.69) is 22.1 Å². The van der Waals surface area contributed by atoms with E-state index in [-0.39, 0.29) is 5.91 Å². The van der Waals surface area contributed by atoms with Gasteiger partial charge in [0.1, 0.15) is 5.69 Å². The highest BCUT2D eigenvalue weighted by Gasteiger charge is 2.18. The van der Waals surface area contributed by atoms with Crippen LogP contribution in [0.25, 0.3) is 0 Å². The molecule has 1 fully saturated rings. The number of pyridine rings is 1. The summed E-state index contributed by atoms with van der Waals surface area (Å²) in [7, 11) is 0. The van der Waals surface area contributed by atoms with Gasteiger partial charge in [0.25, 0.3) is 5.91 Å². The predicted molar refractivity (Wildman–Crippen MR) is 75.8 cm³/mol. The molecule has 19 heavy (non-hydrogen) atoms. The minimum atomic E-state index is -0.134. The molecule has 1 aliphatic heterocycles. The van der Waals surface area contributed by atoms with Crippen LogP contribution in [0.2, 0.25) is 0 Å². The van der Waals surface area contributed by atoms with Gasteiger partial charge in [0.15, 0.2) is 0 Å². The van der Waals surface area contributed by atoms with Crippen LogP contribution in [-0.2, 0) is 0 Å². The Balaban J connectivity index is 1.78. The number of carbonyl (C=O) groups is 1. The van der Waals surface area contributed by atoms with Crippen molar-refractivity contribution in [1.29, 1.82) is 0 Å². The second-order valence-electron chi connectivity index (χ2n) is 5.06. The van der Waals surface area contributed by atoms with Gasteiger partial charge in [0, 0.05) is 18.4 Å². The standard InChI is InChI=1S/C14H22N4O/c1-2-18-7-4-11(5-8-18)10-17-14(19)13-9-12(15)3-6-16-13/h3,6,9,11H,2,4-5,7-8,10H2,1H3,(H2,15,16)(H,17,19). The number of carbonyl (C=O) groups excluding carboxylic acids is 1. The number of likely N-dealkylation sites (tertiary alicyclic amines) is 1. The summed E-state index contributed by atoms with van der Waals surface area (Å²) in [5.74, 6) is 0.443. The maximum atomic E-state index is 11.9. The number of nitrogens with two attached hydrogens (primary N) is 1. The van der Waals surface area contributed by atoms with Gasteiger partial charge < -0.3 is 16.0 Å². The number of hydrogen-bond acceptors (Lipinski definition) is 4. The van der Waals surface area contributed by atoms with Crippen LogP contribution in [0.4, 0.5) is 5.69 Å².